The molecule has 2 unspecified atom stereocenters. The molecule has 1 saturated carbocycles. The molecule has 2 atom stereocenters. The SMILES string of the molecule is NC(=O)c1ccc(C(F)(F)F)cc1C1CCCCC1N1CCCC1. The predicted octanol–water partition coefficient (Wildman–Crippen LogP) is 3.93. The molecule has 2 N–H and O–H groups in total. The third kappa shape index (κ3) is 3.43. The van der Waals surface area contributed by atoms with Crippen LogP contribution >= 0.6 is 0 Å². The molecular formula is C18H23F3N2O. The van der Waals surface area contributed by atoms with Crippen LogP contribution in [0.1, 0.15) is 65.9 Å². The molecule has 1 aliphatic heterocycles. The highest BCUT2D eigenvalue weighted by Gasteiger charge is 2.37. The van der Waals surface area contributed by atoms with Crippen molar-refractivity contribution >= 4 is 5.91 Å². The van der Waals surface area contributed by atoms with Crippen LogP contribution in [0.3, 0.4) is 0 Å². The standard InChI is InChI=1S/C18H23F3N2O/c19-18(20,21)12-7-8-14(17(22)24)15(11-12)13-5-1-2-6-16(13)23-9-3-4-10-23/h7-8,11,13,16H,1-6,9-10H2,(H2,22,24). The van der Waals surface area contributed by atoms with Crippen LogP contribution in [-0.4, -0.2) is 29.9 Å². The third-order valence-electron chi connectivity index (χ3n) is 5.38. The Bertz CT molecular complexity index is 609. The van der Waals surface area contributed by atoms with Crippen LogP contribution in [0, 0.1) is 0 Å². The lowest BCUT2D eigenvalue weighted by molar-refractivity contribution is -0.137. The van der Waals surface area contributed by atoms with E-state index in [1.165, 1.54) is 6.07 Å². The number of carbonyl (C=O) groups excluding carboxylic acids is 1. The number of nitrogens with zero attached hydrogens (tertiary/aromatic N) is 1. The van der Waals surface area contributed by atoms with Crippen molar-refractivity contribution in [2.45, 2.75) is 56.7 Å². The van der Waals surface area contributed by atoms with Crippen molar-refractivity contribution in [2.75, 3.05) is 13.1 Å². The average molecular weight is 340 g/mol. The molecule has 3 rings (SSSR count). The normalized spacial score (nSPS) is 25.8. The zero-order valence-electron chi connectivity index (χ0n) is 13.6. The number of hydrogen-bond donors (Lipinski definition) is 1. The molecule has 2 aliphatic rings. The Balaban J connectivity index is 2.01. The summed E-state index contributed by atoms with van der Waals surface area (Å²) in [6, 6.07) is 3.56. The summed E-state index contributed by atoms with van der Waals surface area (Å²) < 4.78 is 39.4. The van der Waals surface area contributed by atoms with Gasteiger partial charge in [-0.1, -0.05) is 12.8 Å². The van der Waals surface area contributed by atoms with Gasteiger partial charge in [0.15, 0.2) is 0 Å². The minimum absolute atomic E-state index is 0.0540. The van der Waals surface area contributed by atoms with Crippen molar-refractivity contribution in [3.8, 4) is 0 Å². The van der Waals surface area contributed by atoms with E-state index in [0.29, 0.717) is 5.56 Å². The Morgan fingerprint density at radius 3 is 2.38 bits per heavy atom. The third-order valence-corrected chi connectivity index (χ3v) is 5.38. The summed E-state index contributed by atoms with van der Waals surface area (Å²) in [6.45, 7) is 1.98. The van der Waals surface area contributed by atoms with Gasteiger partial charge in [-0.15, -0.1) is 0 Å². The summed E-state index contributed by atoms with van der Waals surface area (Å²) >= 11 is 0. The van der Waals surface area contributed by atoms with Gasteiger partial charge in [0.2, 0.25) is 5.91 Å². The molecule has 132 valence electrons. The molecule has 1 amide bonds. The molecule has 0 bridgehead atoms. The fourth-order valence-corrected chi connectivity index (χ4v) is 4.25. The molecule has 0 spiro atoms. The zero-order valence-corrected chi connectivity index (χ0v) is 13.6. The van der Waals surface area contributed by atoms with Gasteiger partial charge in [0.1, 0.15) is 0 Å². The number of carbonyl (C=O) groups is 1. The summed E-state index contributed by atoms with van der Waals surface area (Å²) in [5.74, 6) is -0.703. The van der Waals surface area contributed by atoms with E-state index >= 15 is 0 Å². The number of hydrogen-bond acceptors (Lipinski definition) is 2. The van der Waals surface area contributed by atoms with Crippen LogP contribution < -0.4 is 5.73 Å². The van der Waals surface area contributed by atoms with Crippen LogP contribution in [0.5, 0.6) is 0 Å². The first-order valence-electron chi connectivity index (χ1n) is 8.63. The highest BCUT2D eigenvalue weighted by molar-refractivity contribution is 5.94. The second-order valence-corrected chi connectivity index (χ2v) is 6.87. The minimum Gasteiger partial charge on any atom is -0.366 e. The Hall–Kier alpha value is -1.56. The van der Waals surface area contributed by atoms with E-state index in [9.17, 15) is 18.0 Å². The van der Waals surface area contributed by atoms with Gasteiger partial charge in [0.05, 0.1) is 5.56 Å². The van der Waals surface area contributed by atoms with Crippen LogP contribution in [-0.2, 0) is 6.18 Å². The molecule has 1 aliphatic carbocycles. The molecule has 1 aromatic carbocycles. The molecule has 0 radical (unpaired) electrons. The Morgan fingerprint density at radius 2 is 1.75 bits per heavy atom. The first-order chi connectivity index (χ1) is 11.4. The minimum atomic E-state index is -4.41. The molecule has 2 fully saturated rings. The van der Waals surface area contributed by atoms with Gasteiger partial charge < -0.3 is 5.73 Å². The number of nitrogens with two attached hydrogens (primary N) is 1. The summed E-state index contributed by atoms with van der Waals surface area (Å²) in [4.78, 5) is 14.2. The first kappa shape index (κ1) is 17.3. The van der Waals surface area contributed by atoms with Crippen LogP contribution in [0.2, 0.25) is 0 Å². The second kappa shape index (κ2) is 6.75. The van der Waals surface area contributed by atoms with Crippen LogP contribution in [0.4, 0.5) is 13.2 Å². The lowest BCUT2D eigenvalue weighted by Crippen LogP contribution is -2.40. The van der Waals surface area contributed by atoms with E-state index in [2.05, 4.69) is 4.90 Å². The Morgan fingerprint density at radius 1 is 1.08 bits per heavy atom. The molecule has 1 aromatic rings. The number of likely N-dealkylation sites (tertiary alicyclic amines) is 1. The topological polar surface area (TPSA) is 46.3 Å². The molecule has 3 nitrogen and oxygen atoms in total. The quantitative estimate of drug-likeness (QED) is 0.906. The van der Waals surface area contributed by atoms with E-state index in [0.717, 1.165) is 63.7 Å². The monoisotopic (exact) mass is 340 g/mol. The van der Waals surface area contributed by atoms with Gasteiger partial charge >= 0.3 is 6.18 Å². The predicted molar refractivity (Wildman–Crippen MR) is 85.8 cm³/mol. The number of amides is 1. The van der Waals surface area contributed by atoms with Gasteiger partial charge in [-0.2, -0.15) is 13.2 Å². The van der Waals surface area contributed by atoms with Crippen LogP contribution in [0.25, 0.3) is 0 Å². The van der Waals surface area contributed by atoms with Crippen molar-refractivity contribution in [1.82, 2.24) is 4.90 Å². The lowest BCUT2D eigenvalue weighted by atomic mass is 9.77. The van der Waals surface area contributed by atoms with Gasteiger partial charge in [-0.3, -0.25) is 9.69 Å². The van der Waals surface area contributed by atoms with E-state index in [-0.39, 0.29) is 17.5 Å². The number of alkyl halides is 3. The molecule has 24 heavy (non-hydrogen) atoms. The summed E-state index contributed by atoms with van der Waals surface area (Å²) in [6.07, 6.45) is 1.69. The van der Waals surface area contributed by atoms with Gasteiger partial charge in [0.25, 0.3) is 0 Å². The highest BCUT2D eigenvalue weighted by Crippen LogP contribution is 2.41. The molecule has 1 heterocycles. The van der Waals surface area contributed by atoms with Gasteiger partial charge in [-0.05, 0) is 62.5 Å². The van der Waals surface area contributed by atoms with Crippen molar-refractivity contribution in [3.63, 3.8) is 0 Å². The molecule has 0 aromatic heterocycles. The van der Waals surface area contributed by atoms with Crippen molar-refractivity contribution in [3.05, 3.63) is 34.9 Å². The highest BCUT2D eigenvalue weighted by atomic mass is 19.4. The largest absolute Gasteiger partial charge is 0.416 e. The van der Waals surface area contributed by atoms with E-state index < -0.39 is 17.6 Å². The smallest absolute Gasteiger partial charge is 0.366 e. The fraction of sp³-hybridized carbons (Fsp3) is 0.611. The zero-order chi connectivity index (χ0) is 17.3. The maximum absolute atomic E-state index is 13.1. The van der Waals surface area contributed by atoms with E-state index in [1.807, 2.05) is 0 Å². The summed E-state index contributed by atoms with van der Waals surface area (Å²) in [5.41, 5.74) is 5.46. The summed E-state index contributed by atoms with van der Waals surface area (Å²) in [5, 5.41) is 0. The Labute approximate surface area is 140 Å². The number of rotatable bonds is 3. The van der Waals surface area contributed by atoms with Crippen molar-refractivity contribution < 1.29 is 18.0 Å². The number of primary amides is 1. The average Bonchev–Trinajstić information content (AvgIpc) is 3.07. The first-order valence-corrected chi connectivity index (χ1v) is 8.63. The van der Waals surface area contributed by atoms with E-state index in [1.54, 1.807) is 0 Å². The fourth-order valence-electron chi connectivity index (χ4n) is 4.25. The van der Waals surface area contributed by atoms with Gasteiger partial charge in [0, 0.05) is 17.5 Å². The molecule has 6 heteroatoms. The number of benzene rings is 1. The van der Waals surface area contributed by atoms with Crippen molar-refractivity contribution in [2.24, 2.45) is 5.73 Å². The lowest BCUT2D eigenvalue weighted by Gasteiger charge is -2.39. The van der Waals surface area contributed by atoms with Crippen molar-refractivity contribution in [1.29, 1.82) is 0 Å². The van der Waals surface area contributed by atoms with E-state index in [4.69, 9.17) is 5.73 Å². The maximum atomic E-state index is 13.1. The molecular weight excluding hydrogens is 317 g/mol. The molecule has 1 saturated heterocycles. The van der Waals surface area contributed by atoms with Gasteiger partial charge in [-0.25, -0.2) is 0 Å². The maximum Gasteiger partial charge on any atom is 0.416 e. The van der Waals surface area contributed by atoms with Crippen LogP contribution in [0.15, 0.2) is 18.2 Å². The number of halogens is 3. The second-order valence-electron chi connectivity index (χ2n) is 6.87. The summed E-state index contributed by atoms with van der Waals surface area (Å²) in [7, 11) is 0. The Kier molecular flexibility index (Phi) is 4.85.